The molecule has 1 aliphatic carbocycles. The van der Waals surface area contributed by atoms with Gasteiger partial charge in [-0.15, -0.1) is 0 Å². The van der Waals surface area contributed by atoms with Gasteiger partial charge in [0.25, 0.3) is 0 Å². The maximum absolute atomic E-state index is 12.0. The minimum atomic E-state index is -0.558. The Morgan fingerprint density at radius 2 is 2.19 bits per heavy atom. The molecule has 0 aliphatic heterocycles. The number of nitrogens with one attached hydrogen (secondary N) is 1. The Morgan fingerprint density at radius 1 is 1.44 bits per heavy atom. The van der Waals surface area contributed by atoms with Gasteiger partial charge >= 0.3 is 6.09 Å². The lowest BCUT2D eigenvalue weighted by Crippen LogP contribution is -2.43. The molecule has 0 bridgehead atoms. The summed E-state index contributed by atoms with van der Waals surface area (Å²) in [7, 11) is 1.29. The Labute approximate surface area is 93.6 Å². The van der Waals surface area contributed by atoms with Crippen LogP contribution in [0.5, 0.6) is 0 Å². The lowest BCUT2D eigenvalue weighted by atomic mass is 9.87. The van der Waals surface area contributed by atoms with E-state index in [1.807, 2.05) is 18.2 Å². The van der Waals surface area contributed by atoms with Crippen LogP contribution in [-0.2, 0) is 11.2 Å². The van der Waals surface area contributed by atoms with Crippen molar-refractivity contribution in [1.29, 1.82) is 0 Å². The number of alkyl carbamates (subject to hydrolysis) is 1. The van der Waals surface area contributed by atoms with E-state index in [2.05, 4.69) is 10.1 Å². The van der Waals surface area contributed by atoms with Gasteiger partial charge in [0.05, 0.1) is 13.2 Å². The van der Waals surface area contributed by atoms with Gasteiger partial charge in [-0.05, 0) is 18.4 Å². The molecule has 1 amide bonds. The normalized spacial score (nSPS) is 18.8. The van der Waals surface area contributed by atoms with Crippen molar-refractivity contribution in [3.63, 3.8) is 0 Å². The van der Waals surface area contributed by atoms with Crippen molar-refractivity contribution < 1.29 is 14.3 Å². The number of benzene rings is 1. The number of methoxy groups -OCH3 is 1. The number of ether oxygens (including phenoxy) is 1. The number of amides is 1. The summed E-state index contributed by atoms with van der Waals surface area (Å²) in [6, 6.07) is 7.03. The molecule has 4 nitrogen and oxygen atoms in total. The molecule has 1 atom stereocenters. The number of rotatable bonds is 1. The Hall–Kier alpha value is -1.84. The van der Waals surface area contributed by atoms with Crippen molar-refractivity contribution in [2.24, 2.45) is 0 Å². The molecule has 0 spiro atoms. The summed E-state index contributed by atoms with van der Waals surface area (Å²) in [6.07, 6.45) is 0.874. The highest BCUT2D eigenvalue weighted by atomic mass is 16.5. The number of hydrogen-bond acceptors (Lipinski definition) is 3. The number of carbonyl (C=O) groups excluding carboxylic acids is 2. The molecule has 1 aromatic rings. The minimum absolute atomic E-state index is 0.0350. The Balaban J connectivity index is 2.18. The van der Waals surface area contributed by atoms with Crippen molar-refractivity contribution in [2.45, 2.75) is 18.9 Å². The number of carbonyl (C=O) groups is 2. The highest BCUT2D eigenvalue weighted by Crippen LogP contribution is 2.21. The van der Waals surface area contributed by atoms with E-state index < -0.39 is 12.1 Å². The molecule has 0 radical (unpaired) electrons. The van der Waals surface area contributed by atoms with Crippen molar-refractivity contribution >= 4 is 11.9 Å². The van der Waals surface area contributed by atoms with Gasteiger partial charge in [0.1, 0.15) is 0 Å². The minimum Gasteiger partial charge on any atom is -0.453 e. The predicted molar refractivity (Wildman–Crippen MR) is 58.4 cm³/mol. The summed E-state index contributed by atoms with van der Waals surface area (Å²) in [4.78, 5) is 23.0. The average Bonchev–Trinajstić information content (AvgIpc) is 2.33. The summed E-state index contributed by atoms with van der Waals surface area (Å²) in [5.41, 5.74) is 1.76. The first kappa shape index (κ1) is 10.7. The largest absolute Gasteiger partial charge is 0.453 e. The lowest BCUT2D eigenvalue weighted by Gasteiger charge is -2.23. The molecule has 84 valence electrons. The van der Waals surface area contributed by atoms with E-state index in [0.29, 0.717) is 12.0 Å². The standard InChI is InChI=1S/C12H13NO3/c1-16-12(15)13-10-7-6-8-4-2-3-5-9(8)11(10)14/h2-5,10H,6-7H2,1H3,(H,13,15). The van der Waals surface area contributed by atoms with Crippen molar-refractivity contribution in [3.8, 4) is 0 Å². The molecule has 0 fully saturated rings. The van der Waals surface area contributed by atoms with E-state index >= 15 is 0 Å². The van der Waals surface area contributed by atoms with Crippen LogP contribution < -0.4 is 5.32 Å². The topological polar surface area (TPSA) is 55.4 Å². The van der Waals surface area contributed by atoms with Gasteiger partial charge in [0.15, 0.2) is 5.78 Å². The third-order valence-electron chi connectivity index (χ3n) is 2.78. The summed E-state index contributed by atoms with van der Waals surface area (Å²) >= 11 is 0. The summed E-state index contributed by atoms with van der Waals surface area (Å²) in [5, 5.41) is 2.55. The quantitative estimate of drug-likeness (QED) is 0.779. The van der Waals surface area contributed by atoms with Crippen LogP contribution in [0, 0.1) is 0 Å². The van der Waals surface area contributed by atoms with Crippen LogP contribution in [0.3, 0.4) is 0 Å². The first-order valence-corrected chi connectivity index (χ1v) is 5.19. The zero-order valence-electron chi connectivity index (χ0n) is 9.03. The smallest absolute Gasteiger partial charge is 0.407 e. The average molecular weight is 219 g/mol. The molecule has 0 heterocycles. The molecule has 0 saturated heterocycles. The van der Waals surface area contributed by atoms with Gasteiger partial charge in [0.2, 0.25) is 0 Å². The van der Waals surface area contributed by atoms with Crippen LogP contribution in [-0.4, -0.2) is 25.0 Å². The molecule has 1 N–H and O–H groups in total. The maximum atomic E-state index is 12.0. The Kier molecular flexibility index (Phi) is 2.90. The molecule has 4 heteroatoms. The van der Waals surface area contributed by atoms with E-state index in [1.165, 1.54) is 7.11 Å². The monoisotopic (exact) mass is 219 g/mol. The van der Waals surface area contributed by atoms with Crippen LogP contribution in [0.4, 0.5) is 4.79 Å². The first-order chi connectivity index (χ1) is 7.72. The van der Waals surface area contributed by atoms with Crippen molar-refractivity contribution in [3.05, 3.63) is 35.4 Å². The summed E-state index contributed by atoms with van der Waals surface area (Å²) in [6.45, 7) is 0. The second-order valence-electron chi connectivity index (χ2n) is 3.75. The number of fused-ring (bicyclic) bond motifs is 1. The van der Waals surface area contributed by atoms with E-state index in [1.54, 1.807) is 6.07 Å². The summed E-state index contributed by atoms with van der Waals surface area (Å²) in [5.74, 6) is -0.0350. The molecular formula is C12H13NO3. The lowest BCUT2D eigenvalue weighted by molar-refractivity contribution is 0.0916. The highest BCUT2D eigenvalue weighted by molar-refractivity contribution is 6.03. The van der Waals surface area contributed by atoms with Crippen LogP contribution in [0.15, 0.2) is 24.3 Å². The third-order valence-corrected chi connectivity index (χ3v) is 2.78. The SMILES string of the molecule is COC(=O)NC1CCc2ccccc2C1=O. The van der Waals surface area contributed by atoms with Crippen LogP contribution in [0.2, 0.25) is 0 Å². The van der Waals surface area contributed by atoms with Gasteiger partial charge < -0.3 is 10.1 Å². The van der Waals surface area contributed by atoms with Gasteiger partial charge in [-0.2, -0.15) is 0 Å². The molecule has 2 rings (SSSR count). The molecular weight excluding hydrogens is 206 g/mol. The van der Waals surface area contributed by atoms with Crippen molar-refractivity contribution in [1.82, 2.24) is 5.32 Å². The number of hydrogen-bond donors (Lipinski definition) is 1. The molecule has 16 heavy (non-hydrogen) atoms. The fourth-order valence-electron chi connectivity index (χ4n) is 1.94. The number of Topliss-reactive ketones (excluding diaryl/α,β-unsaturated/α-hetero) is 1. The van der Waals surface area contributed by atoms with E-state index in [0.717, 1.165) is 12.0 Å². The predicted octanol–water partition coefficient (Wildman–Crippen LogP) is 1.54. The molecule has 1 aromatic carbocycles. The number of ketones is 1. The Bertz CT molecular complexity index is 428. The maximum Gasteiger partial charge on any atom is 0.407 e. The van der Waals surface area contributed by atoms with Crippen LogP contribution in [0.25, 0.3) is 0 Å². The molecule has 1 unspecified atom stereocenters. The van der Waals surface area contributed by atoms with Gasteiger partial charge in [-0.25, -0.2) is 4.79 Å². The first-order valence-electron chi connectivity index (χ1n) is 5.19. The zero-order valence-corrected chi connectivity index (χ0v) is 9.03. The highest BCUT2D eigenvalue weighted by Gasteiger charge is 2.28. The fraction of sp³-hybridized carbons (Fsp3) is 0.333. The van der Waals surface area contributed by atoms with E-state index in [9.17, 15) is 9.59 Å². The molecule has 1 aliphatic rings. The molecule has 0 saturated carbocycles. The van der Waals surface area contributed by atoms with Gasteiger partial charge in [0, 0.05) is 5.56 Å². The second kappa shape index (κ2) is 4.35. The second-order valence-corrected chi connectivity index (χ2v) is 3.75. The Morgan fingerprint density at radius 3 is 2.94 bits per heavy atom. The number of aryl methyl sites for hydroxylation is 1. The summed E-state index contributed by atoms with van der Waals surface area (Å²) < 4.78 is 4.49. The zero-order chi connectivity index (χ0) is 11.5. The third kappa shape index (κ3) is 1.91. The van der Waals surface area contributed by atoms with E-state index in [4.69, 9.17) is 0 Å². The van der Waals surface area contributed by atoms with Crippen LogP contribution in [0.1, 0.15) is 22.3 Å². The van der Waals surface area contributed by atoms with Crippen LogP contribution >= 0.6 is 0 Å². The van der Waals surface area contributed by atoms with Gasteiger partial charge in [-0.1, -0.05) is 24.3 Å². The van der Waals surface area contributed by atoms with Crippen molar-refractivity contribution in [2.75, 3.05) is 7.11 Å². The van der Waals surface area contributed by atoms with Gasteiger partial charge in [-0.3, -0.25) is 4.79 Å². The van der Waals surface area contributed by atoms with E-state index in [-0.39, 0.29) is 5.78 Å². The fourth-order valence-corrected chi connectivity index (χ4v) is 1.94. The molecule has 0 aromatic heterocycles.